The van der Waals surface area contributed by atoms with Crippen LogP contribution >= 0.6 is 0 Å². The summed E-state index contributed by atoms with van der Waals surface area (Å²) in [5, 5.41) is 7.12. The molecule has 0 bridgehead atoms. The molecule has 0 aliphatic rings. The van der Waals surface area contributed by atoms with Crippen molar-refractivity contribution >= 4 is 18.8 Å². The lowest BCUT2D eigenvalue weighted by Crippen LogP contribution is -2.47. The van der Waals surface area contributed by atoms with Crippen LogP contribution in [0.2, 0.25) is 0 Å². The molecular formula is C8H24N2Si2. The molecule has 0 aromatic heterocycles. The molecule has 0 fully saturated rings. The average Bonchev–Trinajstić information content (AvgIpc) is 1.97. The summed E-state index contributed by atoms with van der Waals surface area (Å²) < 4.78 is 0. The first-order chi connectivity index (χ1) is 5.56. The molecule has 1 unspecified atom stereocenters. The lowest BCUT2D eigenvalue weighted by atomic mass is 10.3. The summed E-state index contributed by atoms with van der Waals surface area (Å²) in [5.74, 6) is 0. The Morgan fingerprint density at radius 3 is 2.08 bits per heavy atom. The van der Waals surface area contributed by atoms with Gasteiger partial charge < -0.3 is 10.6 Å². The first-order valence-corrected chi connectivity index (χ1v) is 11.5. The van der Waals surface area contributed by atoms with Gasteiger partial charge in [0.2, 0.25) is 0 Å². The Balaban J connectivity index is 3.53. The zero-order valence-corrected chi connectivity index (χ0v) is 12.6. The molecule has 0 saturated carbocycles. The van der Waals surface area contributed by atoms with Gasteiger partial charge >= 0.3 is 0 Å². The molecule has 2 N–H and O–H groups in total. The molecule has 4 heteroatoms. The van der Waals surface area contributed by atoms with E-state index in [1.807, 2.05) is 0 Å². The van der Waals surface area contributed by atoms with Crippen molar-refractivity contribution in [3.05, 3.63) is 0 Å². The fourth-order valence-electron chi connectivity index (χ4n) is 1.17. The molecule has 0 radical (unpaired) electrons. The van der Waals surface area contributed by atoms with E-state index in [0.717, 1.165) is 5.67 Å². The molecule has 0 aliphatic carbocycles. The summed E-state index contributed by atoms with van der Waals surface area (Å²) in [7, 11) is 1.63. The van der Waals surface area contributed by atoms with Crippen LogP contribution in [0.15, 0.2) is 0 Å². The lowest BCUT2D eigenvalue weighted by Gasteiger charge is -2.21. The summed E-state index contributed by atoms with van der Waals surface area (Å²) in [6, 6.07) is 1.27. The molecule has 2 nitrogen and oxygen atoms in total. The minimum absolute atomic E-state index is 0.207. The van der Waals surface area contributed by atoms with Crippen LogP contribution in [0, 0.1) is 0 Å². The molecule has 0 aliphatic heterocycles. The normalized spacial score (nSPS) is 15.5. The standard InChI is InChI=1S/C8H24N2Si2/c1-6(2)9-5-8(12-11)10-7(3)4/h6-10H,5,12H2,1-4,11H3. The Hall–Kier alpha value is 0.354. The van der Waals surface area contributed by atoms with Crippen molar-refractivity contribution in [1.29, 1.82) is 0 Å². The van der Waals surface area contributed by atoms with Gasteiger partial charge in [-0.1, -0.05) is 27.7 Å². The van der Waals surface area contributed by atoms with E-state index < -0.39 is 0 Å². The molecule has 74 valence electrons. The zero-order valence-electron chi connectivity index (χ0n) is 9.15. The number of hydrogen-bond donors (Lipinski definition) is 2. The van der Waals surface area contributed by atoms with Crippen LogP contribution in [0.3, 0.4) is 0 Å². The zero-order chi connectivity index (χ0) is 9.56. The number of nitrogens with one attached hydrogen (secondary N) is 2. The van der Waals surface area contributed by atoms with E-state index in [9.17, 15) is 0 Å². The third-order valence-corrected chi connectivity index (χ3v) is 6.30. The van der Waals surface area contributed by atoms with Crippen LogP contribution in [0.5, 0.6) is 0 Å². The smallest absolute Gasteiger partial charge is 0.0265 e. The molecule has 0 amide bonds. The topological polar surface area (TPSA) is 24.1 Å². The summed E-state index contributed by atoms with van der Waals surface area (Å²) >= 11 is 0. The van der Waals surface area contributed by atoms with Crippen LogP contribution in [0.1, 0.15) is 27.7 Å². The van der Waals surface area contributed by atoms with E-state index in [2.05, 4.69) is 38.3 Å². The monoisotopic (exact) mass is 204 g/mol. The van der Waals surface area contributed by atoms with Gasteiger partial charge in [-0.15, -0.1) is 0 Å². The highest BCUT2D eigenvalue weighted by atomic mass is 29.1. The highest BCUT2D eigenvalue weighted by Gasteiger charge is 2.07. The van der Waals surface area contributed by atoms with E-state index in [1.165, 1.54) is 16.3 Å². The lowest BCUT2D eigenvalue weighted by molar-refractivity contribution is 0.495. The minimum Gasteiger partial charge on any atom is -0.314 e. The summed E-state index contributed by atoms with van der Waals surface area (Å²) in [6.45, 7) is 10.1. The van der Waals surface area contributed by atoms with Gasteiger partial charge in [0.1, 0.15) is 0 Å². The average molecular weight is 204 g/mol. The van der Waals surface area contributed by atoms with Crippen molar-refractivity contribution in [3.8, 4) is 0 Å². The van der Waals surface area contributed by atoms with Crippen molar-refractivity contribution in [2.45, 2.75) is 45.4 Å². The second-order valence-electron chi connectivity index (χ2n) is 3.99. The van der Waals surface area contributed by atoms with Crippen LogP contribution < -0.4 is 10.6 Å². The summed E-state index contributed by atoms with van der Waals surface area (Å²) in [6.07, 6.45) is 0. The first-order valence-electron chi connectivity index (χ1n) is 5.05. The second kappa shape index (κ2) is 6.83. The predicted octanol–water partition coefficient (Wildman–Crippen LogP) is -1.24. The van der Waals surface area contributed by atoms with Gasteiger partial charge in [0.15, 0.2) is 0 Å². The van der Waals surface area contributed by atoms with Crippen LogP contribution in [0.4, 0.5) is 0 Å². The minimum atomic E-state index is 0.207. The van der Waals surface area contributed by atoms with E-state index in [1.54, 1.807) is 0 Å². The Morgan fingerprint density at radius 1 is 1.17 bits per heavy atom. The third kappa shape index (κ3) is 7.03. The highest BCUT2D eigenvalue weighted by Crippen LogP contribution is 1.85. The molecule has 0 spiro atoms. The Bertz CT molecular complexity index is 107. The maximum Gasteiger partial charge on any atom is 0.0265 e. The van der Waals surface area contributed by atoms with Crippen LogP contribution in [0.25, 0.3) is 0 Å². The van der Waals surface area contributed by atoms with Gasteiger partial charge in [-0.05, 0) is 9.76 Å². The quantitative estimate of drug-likeness (QED) is 0.529. The van der Waals surface area contributed by atoms with Gasteiger partial charge in [0, 0.05) is 33.3 Å². The van der Waals surface area contributed by atoms with Gasteiger partial charge in [-0.2, -0.15) is 0 Å². The largest absolute Gasteiger partial charge is 0.314 e. The van der Waals surface area contributed by atoms with Crippen molar-refractivity contribution in [2.24, 2.45) is 0 Å². The fourth-order valence-corrected chi connectivity index (χ4v) is 3.91. The first kappa shape index (κ1) is 12.4. The van der Waals surface area contributed by atoms with Gasteiger partial charge in [0.05, 0.1) is 0 Å². The third-order valence-electron chi connectivity index (χ3n) is 1.83. The summed E-state index contributed by atoms with van der Waals surface area (Å²) in [5.41, 5.74) is 0.819. The molecule has 0 saturated heterocycles. The molecule has 1 atom stereocenters. The van der Waals surface area contributed by atoms with Gasteiger partial charge in [-0.3, -0.25) is 0 Å². The molecule has 0 aromatic rings. The second-order valence-corrected chi connectivity index (χ2v) is 8.24. The van der Waals surface area contributed by atoms with Crippen molar-refractivity contribution < 1.29 is 0 Å². The SMILES string of the molecule is CC(C)NCC(NC(C)C)[SiH2][SiH3]. The Morgan fingerprint density at radius 2 is 1.75 bits per heavy atom. The Kier molecular flexibility index (Phi) is 7.03. The van der Waals surface area contributed by atoms with E-state index >= 15 is 0 Å². The van der Waals surface area contributed by atoms with Crippen molar-refractivity contribution in [2.75, 3.05) is 6.54 Å². The fraction of sp³-hybridized carbons (Fsp3) is 1.00. The molecule has 0 heterocycles. The maximum absolute atomic E-state index is 3.62. The van der Waals surface area contributed by atoms with Crippen LogP contribution in [-0.2, 0) is 0 Å². The van der Waals surface area contributed by atoms with E-state index in [4.69, 9.17) is 0 Å². The highest BCUT2D eigenvalue weighted by molar-refractivity contribution is 6.90. The van der Waals surface area contributed by atoms with Crippen molar-refractivity contribution in [1.82, 2.24) is 10.6 Å². The van der Waals surface area contributed by atoms with Gasteiger partial charge in [-0.25, -0.2) is 0 Å². The van der Waals surface area contributed by atoms with E-state index in [0.29, 0.717) is 12.1 Å². The van der Waals surface area contributed by atoms with Crippen molar-refractivity contribution in [3.63, 3.8) is 0 Å². The van der Waals surface area contributed by atoms with E-state index in [-0.39, 0.29) is 9.04 Å². The molecular weight excluding hydrogens is 180 g/mol. The molecule has 0 aromatic carbocycles. The predicted molar refractivity (Wildman–Crippen MR) is 63.7 cm³/mol. The Labute approximate surface area is 81.9 Å². The van der Waals surface area contributed by atoms with Gasteiger partial charge in [0.25, 0.3) is 0 Å². The molecule has 0 rings (SSSR count). The number of rotatable bonds is 6. The molecule has 12 heavy (non-hydrogen) atoms. The van der Waals surface area contributed by atoms with Crippen LogP contribution in [-0.4, -0.2) is 43.1 Å². The number of hydrogen-bond acceptors (Lipinski definition) is 2. The summed E-state index contributed by atoms with van der Waals surface area (Å²) in [4.78, 5) is 0. The maximum atomic E-state index is 3.62.